The Bertz CT molecular complexity index is 373. The zero-order valence-corrected chi connectivity index (χ0v) is 23.5. The Hall–Kier alpha value is -0.610. The molecule has 0 amide bonds. The maximum absolute atomic E-state index is 10.3. The normalized spacial score (nSPS) is 11.1. The van der Waals surface area contributed by atoms with E-state index in [2.05, 4.69) is 44.6 Å². The van der Waals surface area contributed by atoms with Crippen LogP contribution < -0.4 is 0 Å². The molecular weight excluding hydrogens is 408 g/mol. The van der Waals surface area contributed by atoms with Crippen LogP contribution in [0.25, 0.3) is 0 Å². The minimum Gasteiger partial charge on any atom is -0.481 e. The maximum atomic E-state index is 10.3. The quantitative estimate of drug-likeness (QED) is 0.113. The summed E-state index contributed by atoms with van der Waals surface area (Å²) >= 11 is 0. The molecule has 0 unspecified atom stereocenters. The van der Waals surface area contributed by atoms with Gasteiger partial charge in [0.1, 0.15) is 0 Å². The first-order valence-corrected chi connectivity index (χ1v) is 14.8. The van der Waals surface area contributed by atoms with Crippen molar-refractivity contribution in [2.24, 2.45) is 0 Å². The van der Waals surface area contributed by atoms with E-state index in [1.54, 1.807) is 0 Å². The molecule has 1 N–H and O–H groups in total. The summed E-state index contributed by atoms with van der Waals surface area (Å²) < 4.78 is 0. The van der Waals surface area contributed by atoms with Crippen molar-refractivity contribution < 1.29 is 9.90 Å². The van der Waals surface area contributed by atoms with Gasteiger partial charge in [-0.1, -0.05) is 137 Å². The summed E-state index contributed by atoms with van der Waals surface area (Å²) in [7, 11) is 0. The number of hydrogen-bond donors (Lipinski definition) is 1. The molecule has 0 aliphatic rings. The first kappa shape index (κ1) is 34.6. The van der Waals surface area contributed by atoms with Crippen LogP contribution >= 0.6 is 0 Å². The van der Waals surface area contributed by atoms with Gasteiger partial charge in [0, 0.05) is 32.6 Å². The number of hydrogen-bond acceptors (Lipinski definition) is 3. The highest BCUT2D eigenvalue weighted by Gasteiger charge is 2.08. The number of unbranched alkanes of at least 4 members (excludes halogenated alkanes) is 16. The van der Waals surface area contributed by atoms with E-state index in [4.69, 9.17) is 5.11 Å². The van der Waals surface area contributed by atoms with Crippen LogP contribution in [0.15, 0.2) is 0 Å². The summed E-state index contributed by atoms with van der Waals surface area (Å²) in [6.07, 6.45) is 24.2. The standard InChI is InChI=1S/C18H36O2.C11H26N2/c1-2-3-4-5-6-7-8-9-10-11-12-13-14-15-16-17-18(19)20;1-5-9-10-11-13(8-4)12(6-2)7-3/h2-17H2,1H3,(H,19,20);5-11H2,1-4H3. The van der Waals surface area contributed by atoms with E-state index in [9.17, 15) is 4.79 Å². The molecule has 33 heavy (non-hydrogen) atoms. The maximum Gasteiger partial charge on any atom is 0.303 e. The van der Waals surface area contributed by atoms with E-state index < -0.39 is 5.97 Å². The zero-order chi connectivity index (χ0) is 25.0. The second-order valence-electron chi connectivity index (χ2n) is 9.49. The Balaban J connectivity index is 0. The van der Waals surface area contributed by atoms with Gasteiger partial charge < -0.3 is 5.11 Å². The molecule has 0 bridgehead atoms. The lowest BCUT2D eigenvalue weighted by Gasteiger charge is -2.32. The van der Waals surface area contributed by atoms with Crippen LogP contribution in [0.3, 0.4) is 0 Å². The fraction of sp³-hybridized carbons (Fsp3) is 0.966. The van der Waals surface area contributed by atoms with Crippen LogP contribution in [0.4, 0.5) is 0 Å². The minimum absolute atomic E-state index is 0.345. The molecule has 0 aromatic heterocycles. The largest absolute Gasteiger partial charge is 0.481 e. The van der Waals surface area contributed by atoms with Gasteiger partial charge in [-0.3, -0.25) is 4.79 Å². The van der Waals surface area contributed by atoms with E-state index in [0.717, 1.165) is 32.5 Å². The molecule has 4 nitrogen and oxygen atoms in total. The van der Waals surface area contributed by atoms with E-state index in [1.165, 1.54) is 109 Å². The van der Waals surface area contributed by atoms with Gasteiger partial charge in [-0.2, -0.15) is 0 Å². The lowest BCUT2D eigenvalue weighted by molar-refractivity contribution is -0.137. The Morgan fingerprint density at radius 3 is 1.15 bits per heavy atom. The lowest BCUT2D eigenvalue weighted by Crippen LogP contribution is -2.42. The molecular formula is C29H62N2O2. The van der Waals surface area contributed by atoms with Crippen LogP contribution in [0.1, 0.15) is 157 Å². The number of carboxylic acids is 1. The van der Waals surface area contributed by atoms with Crippen LogP contribution in [0, 0.1) is 0 Å². The average Bonchev–Trinajstić information content (AvgIpc) is 2.81. The number of carboxylic acid groups (broad SMARTS) is 1. The van der Waals surface area contributed by atoms with Gasteiger partial charge in [-0.15, -0.1) is 0 Å². The number of nitrogens with zero attached hydrogens (tertiary/aromatic N) is 2. The third kappa shape index (κ3) is 27.5. The Labute approximate surface area is 208 Å². The van der Waals surface area contributed by atoms with E-state index >= 15 is 0 Å². The molecule has 0 fully saturated rings. The minimum atomic E-state index is -0.653. The fourth-order valence-electron chi connectivity index (χ4n) is 4.32. The Morgan fingerprint density at radius 2 is 0.818 bits per heavy atom. The Kier molecular flexibility index (Phi) is 30.8. The topological polar surface area (TPSA) is 43.8 Å². The third-order valence-electron chi connectivity index (χ3n) is 6.51. The predicted octanol–water partition coefficient (Wildman–Crippen LogP) is 9.09. The molecule has 0 aromatic rings. The monoisotopic (exact) mass is 470 g/mol. The number of aliphatic carboxylic acids is 1. The first-order valence-electron chi connectivity index (χ1n) is 14.8. The molecule has 0 saturated carbocycles. The van der Waals surface area contributed by atoms with E-state index in [0.29, 0.717) is 6.42 Å². The van der Waals surface area contributed by atoms with Gasteiger partial charge in [0.2, 0.25) is 0 Å². The molecule has 0 aliphatic heterocycles. The average molecular weight is 471 g/mol. The van der Waals surface area contributed by atoms with Crippen molar-refractivity contribution >= 4 is 5.97 Å². The van der Waals surface area contributed by atoms with Gasteiger partial charge in [0.25, 0.3) is 0 Å². The molecule has 0 heterocycles. The van der Waals surface area contributed by atoms with E-state index in [-0.39, 0.29) is 0 Å². The molecule has 4 heteroatoms. The number of hydrazine groups is 1. The molecule has 200 valence electrons. The second-order valence-corrected chi connectivity index (χ2v) is 9.49. The lowest BCUT2D eigenvalue weighted by atomic mass is 10.0. The van der Waals surface area contributed by atoms with Crippen molar-refractivity contribution in [2.75, 3.05) is 26.2 Å². The van der Waals surface area contributed by atoms with Gasteiger partial charge in [0.05, 0.1) is 0 Å². The predicted molar refractivity (Wildman–Crippen MR) is 147 cm³/mol. The summed E-state index contributed by atoms with van der Waals surface area (Å²) in [4.78, 5) is 10.3. The highest BCUT2D eigenvalue weighted by atomic mass is 16.4. The van der Waals surface area contributed by atoms with Crippen LogP contribution in [-0.2, 0) is 4.79 Å². The summed E-state index contributed by atoms with van der Waals surface area (Å²) in [6, 6.07) is 0. The highest BCUT2D eigenvalue weighted by Crippen LogP contribution is 2.13. The van der Waals surface area contributed by atoms with Gasteiger partial charge >= 0.3 is 5.97 Å². The SMILES string of the molecule is CCCCCCCCCCCCCCCCCC(=O)O.CCCCCN(CC)N(CC)CC. The summed E-state index contributed by atoms with van der Waals surface area (Å²) in [5.74, 6) is -0.653. The summed E-state index contributed by atoms with van der Waals surface area (Å²) in [5.41, 5.74) is 0. The van der Waals surface area contributed by atoms with Gasteiger partial charge in [-0.25, -0.2) is 10.0 Å². The van der Waals surface area contributed by atoms with Crippen molar-refractivity contribution in [1.82, 2.24) is 10.0 Å². The van der Waals surface area contributed by atoms with Crippen molar-refractivity contribution in [3.63, 3.8) is 0 Å². The molecule has 0 rings (SSSR count). The molecule has 0 spiro atoms. The highest BCUT2D eigenvalue weighted by molar-refractivity contribution is 5.66. The second kappa shape index (κ2) is 29.4. The molecule has 0 aliphatic carbocycles. The van der Waals surface area contributed by atoms with Gasteiger partial charge in [-0.05, 0) is 12.8 Å². The van der Waals surface area contributed by atoms with Crippen molar-refractivity contribution in [3.8, 4) is 0 Å². The molecule has 0 saturated heterocycles. The zero-order valence-electron chi connectivity index (χ0n) is 23.5. The summed E-state index contributed by atoms with van der Waals surface area (Å²) in [5, 5.41) is 13.4. The Morgan fingerprint density at radius 1 is 0.485 bits per heavy atom. The smallest absolute Gasteiger partial charge is 0.303 e. The fourth-order valence-corrected chi connectivity index (χ4v) is 4.32. The van der Waals surface area contributed by atoms with Crippen molar-refractivity contribution in [1.29, 1.82) is 0 Å². The van der Waals surface area contributed by atoms with Crippen LogP contribution in [0.5, 0.6) is 0 Å². The first-order chi connectivity index (χ1) is 16.1. The molecule has 0 radical (unpaired) electrons. The van der Waals surface area contributed by atoms with Gasteiger partial charge in [0.15, 0.2) is 0 Å². The number of rotatable bonds is 24. The number of carbonyl (C=O) groups is 1. The molecule has 0 aromatic carbocycles. The van der Waals surface area contributed by atoms with Crippen LogP contribution in [0.2, 0.25) is 0 Å². The van der Waals surface area contributed by atoms with E-state index in [1.807, 2.05) is 0 Å². The third-order valence-corrected chi connectivity index (χ3v) is 6.51. The molecule has 0 atom stereocenters. The van der Waals surface area contributed by atoms with Crippen molar-refractivity contribution in [3.05, 3.63) is 0 Å². The summed E-state index contributed by atoms with van der Waals surface area (Å²) in [6.45, 7) is 15.9. The van der Waals surface area contributed by atoms with Crippen LogP contribution in [-0.4, -0.2) is 47.3 Å². The van der Waals surface area contributed by atoms with Crippen molar-refractivity contribution in [2.45, 2.75) is 157 Å².